The Morgan fingerprint density at radius 1 is 1.71 bits per heavy atom. The van der Waals surface area contributed by atoms with Crippen LogP contribution in [-0.2, 0) is 21.9 Å². The van der Waals surface area contributed by atoms with Crippen molar-refractivity contribution >= 4 is 16.0 Å². The largest absolute Gasteiger partial charge is 0.480 e. The minimum absolute atomic E-state index is 0.193. The lowest BCUT2D eigenvalue weighted by Crippen LogP contribution is -2.29. The average molecular weight is 219 g/mol. The van der Waals surface area contributed by atoms with Crippen LogP contribution in [0.4, 0.5) is 0 Å². The van der Waals surface area contributed by atoms with E-state index in [1.165, 1.54) is 17.1 Å². The van der Waals surface area contributed by atoms with E-state index in [-0.39, 0.29) is 5.03 Å². The summed E-state index contributed by atoms with van der Waals surface area (Å²) in [6.07, 6.45) is 2.60. The van der Waals surface area contributed by atoms with E-state index >= 15 is 0 Å². The summed E-state index contributed by atoms with van der Waals surface area (Å²) in [6.45, 7) is -0.654. The number of nitrogens with one attached hydrogen (secondary N) is 1. The van der Waals surface area contributed by atoms with Crippen molar-refractivity contribution in [1.82, 2.24) is 14.3 Å². The molecular formula is C6H9N3O4S. The Kier molecular flexibility index (Phi) is 2.87. The van der Waals surface area contributed by atoms with Gasteiger partial charge in [-0.3, -0.25) is 4.79 Å². The zero-order valence-electron chi connectivity index (χ0n) is 7.34. The Morgan fingerprint density at radius 3 is 2.79 bits per heavy atom. The van der Waals surface area contributed by atoms with E-state index in [9.17, 15) is 13.2 Å². The molecule has 0 aromatic carbocycles. The molecule has 0 radical (unpaired) electrons. The molecule has 0 saturated carbocycles. The van der Waals surface area contributed by atoms with Gasteiger partial charge in [0.2, 0.25) is 0 Å². The lowest BCUT2D eigenvalue weighted by Gasteiger charge is -1.99. The van der Waals surface area contributed by atoms with Gasteiger partial charge in [-0.25, -0.2) is 13.4 Å². The highest BCUT2D eigenvalue weighted by atomic mass is 32.2. The van der Waals surface area contributed by atoms with Crippen molar-refractivity contribution in [2.24, 2.45) is 7.05 Å². The van der Waals surface area contributed by atoms with Crippen molar-refractivity contribution < 1.29 is 18.3 Å². The van der Waals surface area contributed by atoms with Crippen LogP contribution in [0.15, 0.2) is 17.6 Å². The highest BCUT2D eigenvalue weighted by molar-refractivity contribution is 7.89. The maximum Gasteiger partial charge on any atom is 0.318 e. The van der Waals surface area contributed by atoms with Gasteiger partial charge in [-0.2, -0.15) is 4.72 Å². The number of aryl methyl sites for hydroxylation is 1. The molecule has 0 spiro atoms. The third-order valence-electron chi connectivity index (χ3n) is 1.37. The van der Waals surface area contributed by atoms with Gasteiger partial charge in [0.25, 0.3) is 10.0 Å². The Hall–Kier alpha value is -1.41. The molecule has 0 fully saturated rings. The first kappa shape index (κ1) is 10.7. The van der Waals surface area contributed by atoms with Crippen LogP contribution in [0.3, 0.4) is 0 Å². The molecule has 0 atom stereocenters. The van der Waals surface area contributed by atoms with E-state index in [0.29, 0.717) is 0 Å². The molecule has 1 aromatic rings. The first-order valence-electron chi connectivity index (χ1n) is 3.61. The van der Waals surface area contributed by atoms with Crippen LogP contribution in [0.25, 0.3) is 0 Å². The molecule has 8 heteroatoms. The van der Waals surface area contributed by atoms with E-state index in [4.69, 9.17) is 5.11 Å². The Balaban J connectivity index is 2.81. The number of hydrogen-bond acceptors (Lipinski definition) is 4. The smallest absolute Gasteiger partial charge is 0.318 e. The fourth-order valence-electron chi connectivity index (χ4n) is 0.758. The number of hydrogen-bond donors (Lipinski definition) is 2. The van der Waals surface area contributed by atoms with Crippen LogP contribution in [0, 0.1) is 0 Å². The summed E-state index contributed by atoms with van der Waals surface area (Å²) in [4.78, 5) is 13.7. The molecule has 2 N–H and O–H groups in total. The van der Waals surface area contributed by atoms with Gasteiger partial charge in [-0.15, -0.1) is 0 Å². The van der Waals surface area contributed by atoms with Gasteiger partial charge in [0.15, 0.2) is 5.03 Å². The van der Waals surface area contributed by atoms with Crippen LogP contribution in [0.5, 0.6) is 0 Å². The molecule has 78 valence electrons. The molecule has 14 heavy (non-hydrogen) atoms. The highest BCUT2D eigenvalue weighted by Crippen LogP contribution is 2.02. The Morgan fingerprint density at radius 2 is 2.36 bits per heavy atom. The number of aromatic nitrogens is 2. The fourth-order valence-corrected chi connectivity index (χ4v) is 1.71. The minimum atomic E-state index is -3.80. The number of carboxylic acids is 1. The molecule has 1 rings (SSSR count). The second kappa shape index (κ2) is 3.76. The summed E-state index contributed by atoms with van der Waals surface area (Å²) >= 11 is 0. The number of rotatable bonds is 4. The fraction of sp³-hybridized carbons (Fsp3) is 0.333. The van der Waals surface area contributed by atoms with E-state index < -0.39 is 22.5 Å². The summed E-state index contributed by atoms with van der Waals surface area (Å²) in [5.41, 5.74) is 0. The summed E-state index contributed by atoms with van der Waals surface area (Å²) < 4.78 is 25.9. The molecule has 0 unspecified atom stereocenters. The number of carbonyl (C=O) groups is 1. The van der Waals surface area contributed by atoms with Crippen LogP contribution in [0.2, 0.25) is 0 Å². The van der Waals surface area contributed by atoms with Gasteiger partial charge in [-0.05, 0) is 0 Å². The van der Waals surface area contributed by atoms with E-state index in [0.717, 1.165) is 0 Å². The highest BCUT2D eigenvalue weighted by Gasteiger charge is 2.17. The molecule has 0 amide bonds. The van der Waals surface area contributed by atoms with Gasteiger partial charge in [0.1, 0.15) is 6.54 Å². The summed E-state index contributed by atoms with van der Waals surface area (Å²) in [7, 11) is -2.18. The molecule has 0 saturated heterocycles. The summed E-state index contributed by atoms with van der Waals surface area (Å²) in [6, 6.07) is 0. The first-order chi connectivity index (χ1) is 6.42. The van der Waals surface area contributed by atoms with Gasteiger partial charge in [0, 0.05) is 13.2 Å². The second-order valence-corrected chi connectivity index (χ2v) is 4.31. The lowest BCUT2D eigenvalue weighted by molar-refractivity contribution is -0.135. The molecular weight excluding hydrogens is 210 g/mol. The van der Waals surface area contributed by atoms with Crippen molar-refractivity contribution in [3.8, 4) is 0 Å². The van der Waals surface area contributed by atoms with Gasteiger partial charge >= 0.3 is 5.97 Å². The third-order valence-corrected chi connectivity index (χ3v) is 2.66. The van der Waals surface area contributed by atoms with Crippen molar-refractivity contribution in [3.05, 3.63) is 12.5 Å². The van der Waals surface area contributed by atoms with Gasteiger partial charge in [-0.1, -0.05) is 0 Å². The minimum Gasteiger partial charge on any atom is -0.480 e. The molecule has 0 aliphatic heterocycles. The molecule has 0 aliphatic carbocycles. The number of carboxylic acid groups (broad SMARTS) is 1. The number of imidazole rings is 1. The molecule has 0 bridgehead atoms. The standard InChI is InChI=1S/C6H9N3O4S/c1-9-3-5(7-4-9)14(12,13)8-2-6(10)11/h3-4,8H,2H2,1H3,(H,10,11). The second-order valence-electron chi connectivity index (χ2n) is 2.60. The molecule has 0 aliphatic rings. The van der Waals surface area contributed by atoms with Gasteiger partial charge < -0.3 is 9.67 Å². The predicted molar refractivity (Wildman–Crippen MR) is 46.0 cm³/mol. The van der Waals surface area contributed by atoms with E-state index in [1.807, 2.05) is 4.72 Å². The van der Waals surface area contributed by atoms with Crippen LogP contribution >= 0.6 is 0 Å². The maximum atomic E-state index is 11.3. The SMILES string of the molecule is Cn1cnc(S(=O)(=O)NCC(=O)O)c1. The van der Waals surface area contributed by atoms with Crippen molar-refractivity contribution in [2.45, 2.75) is 5.03 Å². The zero-order valence-corrected chi connectivity index (χ0v) is 8.15. The summed E-state index contributed by atoms with van der Waals surface area (Å²) in [5, 5.41) is 8.08. The van der Waals surface area contributed by atoms with Crippen LogP contribution in [-0.4, -0.2) is 35.6 Å². The predicted octanol–water partition coefficient (Wildman–Crippen LogP) is -1.22. The lowest BCUT2D eigenvalue weighted by atomic mass is 10.7. The third kappa shape index (κ3) is 2.54. The monoisotopic (exact) mass is 219 g/mol. The molecule has 7 nitrogen and oxygen atoms in total. The Labute approximate surface area is 80.4 Å². The van der Waals surface area contributed by atoms with Crippen molar-refractivity contribution in [2.75, 3.05) is 6.54 Å². The quantitative estimate of drug-likeness (QED) is 0.661. The van der Waals surface area contributed by atoms with Crippen molar-refractivity contribution in [3.63, 3.8) is 0 Å². The van der Waals surface area contributed by atoms with Gasteiger partial charge in [0.05, 0.1) is 6.33 Å². The molecule has 1 heterocycles. The van der Waals surface area contributed by atoms with E-state index in [1.54, 1.807) is 7.05 Å². The Bertz CT molecular complexity index is 436. The van der Waals surface area contributed by atoms with Crippen molar-refractivity contribution in [1.29, 1.82) is 0 Å². The zero-order chi connectivity index (χ0) is 10.8. The number of sulfonamides is 1. The van der Waals surface area contributed by atoms with E-state index in [2.05, 4.69) is 4.98 Å². The van der Waals surface area contributed by atoms with Crippen LogP contribution in [0.1, 0.15) is 0 Å². The first-order valence-corrected chi connectivity index (χ1v) is 5.09. The normalized spacial score (nSPS) is 11.5. The topological polar surface area (TPSA) is 101 Å². The molecule has 1 aromatic heterocycles. The van der Waals surface area contributed by atoms with Crippen LogP contribution < -0.4 is 4.72 Å². The number of nitrogens with zero attached hydrogens (tertiary/aromatic N) is 2. The maximum absolute atomic E-state index is 11.3. The number of aliphatic carboxylic acids is 1. The average Bonchev–Trinajstić information content (AvgIpc) is 2.49. The summed E-state index contributed by atoms with van der Waals surface area (Å²) in [5.74, 6) is -1.25.